The smallest absolute Gasteiger partial charge is 0.141 e. The van der Waals surface area contributed by atoms with Gasteiger partial charge in [0.2, 0.25) is 0 Å². The molecule has 2 aromatic carbocycles. The molecular weight excluding hydrogens is 263 g/mol. The second kappa shape index (κ2) is 5.98. The van der Waals surface area contributed by atoms with Crippen LogP contribution in [0.15, 0.2) is 42.5 Å². The Morgan fingerprint density at radius 1 is 1.11 bits per heavy atom. The van der Waals surface area contributed by atoms with Crippen LogP contribution in [-0.2, 0) is 17.6 Å². The van der Waals surface area contributed by atoms with Crippen molar-refractivity contribution in [1.29, 1.82) is 0 Å². The van der Waals surface area contributed by atoms with Gasteiger partial charge in [0.05, 0.1) is 5.02 Å². The molecular formula is C16H14ClFO. The molecule has 0 amide bonds. The van der Waals surface area contributed by atoms with Crippen LogP contribution in [0.2, 0.25) is 5.02 Å². The summed E-state index contributed by atoms with van der Waals surface area (Å²) in [5.41, 5.74) is 2.87. The predicted octanol–water partition coefficient (Wildman–Crippen LogP) is 4.14. The van der Waals surface area contributed by atoms with Crippen molar-refractivity contribution in [1.82, 2.24) is 0 Å². The fourth-order valence-electron chi connectivity index (χ4n) is 1.99. The summed E-state index contributed by atoms with van der Waals surface area (Å²) in [6, 6.07) is 12.2. The summed E-state index contributed by atoms with van der Waals surface area (Å²) in [5.74, 6) is -0.371. The normalized spacial score (nSPS) is 10.5. The van der Waals surface area contributed by atoms with E-state index < -0.39 is 5.82 Å². The van der Waals surface area contributed by atoms with Gasteiger partial charge in [-0.05, 0) is 30.2 Å². The van der Waals surface area contributed by atoms with Crippen LogP contribution in [0.25, 0.3) is 0 Å². The van der Waals surface area contributed by atoms with Crippen molar-refractivity contribution in [3.8, 4) is 0 Å². The van der Waals surface area contributed by atoms with E-state index in [0.717, 1.165) is 16.7 Å². The number of rotatable bonds is 4. The molecule has 0 aromatic heterocycles. The molecule has 0 spiro atoms. The van der Waals surface area contributed by atoms with Crippen LogP contribution in [0, 0.1) is 12.7 Å². The van der Waals surface area contributed by atoms with Gasteiger partial charge in [-0.3, -0.25) is 4.79 Å². The van der Waals surface area contributed by atoms with Crippen LogP contribution in [0.3, 0.4) is 0 Å². The maximum atomic E-state index is 13.0. The van der Waals surface area contributed by atoms with Gasteiger partial charge in [-0.15, -0.1) is 0 Å². The summed E-state index contributed by atoms with van der Waals surface area (Å²) in [5, 5.41) is 0.0563. The van der Waals surface area contributed by atoms with Crippen molar-refractivity contribution in [3.63, 3.8) is 0 Å². The molecule has 0 aliphatic heterocycles. The molecule has 3 heteroatoms. The molecule has 19 heavy (non-hydrogen) atoms. The predicted molar refractivity (Wildman–Crippen MR) is 75.0 cm³/mol. The summed E-state index contributed by atoms with van der Waals surface area (Å²) >= 11 is 5.69. The maximum Gasteiger partial charge on any atom is 0.141 e. The monoisotopic (exact) mass is 276 g/mol. The number of hydrogen-bond donors (Lipinski definition) is 0. The highest BCUT2D eigenvalue weighted by Crippen LogP contribution is 2.17. The summed E-state index contributed by atoms with van der Waals surface area (Å²) in [4.78, 5) is 12.0. The topological polar surface area (TPSA) is 17.1 Å². The Kier molecular flexibility index (Phi) is 4.33. The van der Waals surface area contributed by atoms with Crippen molar-refractivity contribution in [2.24, 2.45) is 0 Å². The summed E-state index contributed by atoms with van der Waals surface area (Å²) in [6.45, 7) is 1.99. The highest BCUT2D eigenvalue weighted by Gasteiger charge is 2.07. The zero-order valence-electron chi connectivity index (χ0n) is 10.6. The Hall–Kier alpha value is -1.67. The Bertz CT molecular complexity index is 607. The van der Waals surface area contributed by atoms with Crippen molar-refractivity contribution in [2.45, 2.75) is 19.8 Å². The Labute approximate surface area is 117 Å². The fraction of sp³-hybridized carbons (Fsp3) is 0.188. The Morgan fingerprint density at radius 2 is 1.79 bits per heavy atom. The number of hydrogen-bond acceptors (Lipinski definition) is 1. The molecule has 0 saturated heterocycles. The molecule has 1 nitrogen and oxygen atoms in total. The average molecular weight is 277 g/mol. The Balaban J connectivity index is 2.03. The van der Waals surface area contributed by atoms with Crippen LogP contribution in [0.4, 0.5) is 4.39 Å². The minimum absolute atomic E-state index is 0.0563. The van der Waals surface area contributed by atoms with Gasteiger partial charge in [0.15, 0.2) is 0 Å². The summed E-state index contributed by atoms with van der Waals surface area (Å²) in [7, 11) is 0. The molecule has 0 aliphatic carbocycles. The first-order chi connectivity index (χ1) is 9.04. The van der Waals surface area contributed by atoms with Crippen LogP contribution in [-0.4, -0.2) is 5.78 Å². The quantitative estimate of drug-likeness (QED) is 0.820. The maximum absolute atomic E-state index is 13.0. The van der Waals surface area contributed by atoms with Crippen molar-refractivity contribution >= 4 is 17.4 Å². The lowest BCUT2D eigenvalue weighted by molar-refractivity contribution is -0.117. The van der Waals surface area contributed by atoms with E-state index in [1.165, 1.54) is 12.1 Å². The zero-order valence-corrected chi connectivity index (χ0v) is 11.4. The highest BCUT2D eigenvalue weighted by molar-refractivity contribution is 6.30. The minimum atomic E-state index is -0.462. The third-order valence-electron chi connectivity index (χ3n) is 2.87. The number of halogens is 2. The average Bonchev–Trinajstić information content (AvgIpc) is 2.34. The molecule has 0 fully saturated rings. The van der Waals surface area contributed by atoms with Crippen LogP contribution < -0.4 is 0 Å². The van der Waals surface area contributed by atoms with E-state index in [1.54, 1.807) is 6.07 Å². The minimum Gasteiger partial charge on any atom is -0.299 e. The first kappa shape index (κ1) is 13.8. The molecule has 0 saturated carbocycles. The van der Waals surface area contributed by atoms with Crippen LogP contribution >= 0.6 is 11.6 Å². The largest absolute Gasteiger partial charge is 0.299 e. The lowest BCUT2D eigenvalue weighted by atomic mass is 10.0. The fourth-order valence-corrected chi connectivity index (χ4v) is 2.19. The third-order valence-corrected chi connectivity index (χ3v) is 3.16. The number of aryl methyl sites for hydroxylation is 1. The second-order valence-corrected chi connectivity index (χ2v) is 5.04. The van der Waals surface area contributed by atoms with Gasteiger partial charge in [-0.2, -0.15) is 0 Å². The second-order valence-electron chi connectivity index (χ2n) is 4.63. The van der Waals surface area contributed by atoms with Crippen molar-refractivity contribution in [2.75, 3.05) is 0 Å². The standard InChI is InChI=1S/C16H14ClFO/c1-11-3-2-4-12(7-11)8-14(19)9-13-5-6-16(18)15(17)10-13/h2-7,10H,8-9H2,1H3. The van der Waals surface area contributed by atoms with Crippen LogP contribution in [0.5, 0.6) is 0 Å². The van der Waals surface area contributed by atoms with E-state index in [2.05, 4.69) is 0 Å². The first-order valence-electron chi connectivity index (χ1n) is 6.06. The number of benzene rings is 2. The van der Waals surface area contributed by atoms with Crippen LogP contribution in [0.1, 0.15) is 16.7 Å². The molecule has 0 N–H and O–H groups in total. The highest BCUT2D eigenvalue weighted by atomic mass is 35.5. The molecule has 0 heterocycles. The molecule has 0 unspecified atom stereocenters. The molecule has 0 bridgehead atoms. The van der Waals surface area contributed by atoms with Gasteiger partial charge in [0, 0.05) is 12.8 Å². The number of Topliss-reactive ketones (excluding diaryl/α,β-unsaturated/α-hetero) is 1. The number of ketones is 1. The third kappa shape index (κ3) is 3.90. The molecule has 0 aliphatic rings. The SMILES string of the molecule is Cc1cccc(CC(=O)Cc2ccc(F)c(Cl)c2)c1. The Morgan fingerprint density at radius 3 is 2.42 bits per heavy atom. The van der Waals surface area contributed by atoms with E-state index in [0.29, 0.717) is 6.42 Å². The summed E-state index contributed by atoms with van der Waals surface area (Å²) < 4.78 is 13.0. The lowest BCUT2D eigenvalue weighted by Gasteiger charge is -2.04. The van der Waals surface area contributed by atoms with Gasteiger partial charge in [-0.25, -0.2) is 4.39 Å². The number of carbonyl (C=O) groups is 1. The van der Waals surface area contributed by atoms with Gasteiger partial charge in [0.25, 0.3) is 0 Å². The van der Waals surface area contributed by atoms with Crippen molar-refractivity contribution < 1.29 is 9.18 Å². The van der Waals surface area contributed by atoms with E-state index >= 15 is 0 Å². The van der Waals surface area contributed by atoms with Crippen molar-refractivity contribution in [3.05, 3.63) is 70.0 Å². The van der Waals surface area contributed by atoms with Gasteiger partial charge in [-0.1, -0.05) is 47.5 Å². The van der Waals surface area contributed by atoms with Gasteiger partial charge < -0.3 is 0 Å². The van der Waals surface area contributed by atoms with Gasteiger partial charge in [0.1, 0.15) is 11.6 Å². The number of carbonyl (C=O) groups excluding carboxylic acids is 1. The van der Waals surface area contributed by atoms with Gasteiger partial charge >= 0.3 is 0 Å². The molecule has 2 aromatic rings. The molecule has 0 atom stereocenters. The van der Waals surface area contributed by atoms with E-state index in [4.69, 9.17) is 11.6 Å². The summed E-state index contributed by atoms with van der Waals surface area (Å²) in [6.07, 6.45) is 0.657. The van der Waals surface area contributed by atoms with E-state index in [1.807, 2.05) is 31.2 Å². The first-order valence-corrected chi connectivity index (χ1v) is 6.43. The molecule has 0 radical (unpaired) electrons. The lowest BCUT2D eigenvalue weighted by Crippen LogP contribution is -2.06. The van der Waals surface area contributed by atoms with E-state index in [9.17, 15) is 9.18 Å². The molecule has 2 rings (SSSR count). The zero-order chi connectivity index (χ0) is 13.8. The molecule has 98 valence electrons. The van der Waals surface area contributed by atoms with E-state index in [-0.39, 0.29) is 17.2 Å².